The second-order valence-corrected chi connectivity index (χ2v) is 5.44. The Bertz CT molecular complexity index is 565. The summed E-state index contributed by atoms with van der Waals surface area (Å²) in [5.74, 6) is 1.07. The zero-order valence-corrected chi connectivity index (χ0v) is 12.0. The second-order valence-electron chi connectivity index (χ2n) is 3.67. The summed E-state index contributed by atoms with van der Waals surface area (Å²) in [6.07, 6.45) is 3.65. The molecule has 3 N–H and O–H groups in total. The molecule has 2 rings (SSSR count). The molecule has 19 heavy (non-hydrogen) atoms. The van der Waals surface area contributed by atoms with Crippen molar-refractivity contribution in [1.82, 2.24) is 15.0 Å². The van der Waals surface area contributed by atoms with Gasteiger partial charge in [-0.2, -0.15) is 0 Å². The van der Waals surface area contributed by atoms with E-state index in [2.05, 4.69) is 15.0 Å². The van der Waals surface area contributed by atoms with Crippen LogP contribution >= 0.6 is 23.5 Å². The standard InChI is InChI=1S/C12H14N4OS2/c1-18-11-5-10(13)15-12(16-11)19-7-9-8(6-17)3-2-4-14-9/h2-5,17H,6-7H2,1H3,(H2,13,15,16). The molecule has 0 aromatic carbocycles. The summed E-state index contributed by atoms with van der Waals surface area (Å²) in [5.41, 5.74) is 7.39. The molecule has 0 atom stereocenters. The number of thioether (sulfide) groups is 2. The Morgan fingerprint density at radius 1 is 1.37 bits per heavy atom. The molecule has 2 heterocycles. The van der Waals surface area contributed by atoms with Crippen LogP contribution in [0.15, 0.2) is 34.6 Å². The molecule has 2 aromatic heterocycles. The number of rotatable bonds is 5. The highest BCUT2D eigenvalue weighted by Crippen LogP contribution is 2.23. The average Bonchev–Trinajstić information content (AvgIpc) is 2.44. The number of nitrogens with two attached hydrogens (primary N) is 1. The van der Waals surface area contributed by atoms with E-state index < -0.39 is 0 Å². The number of anilines is 1. The van der Waals surface area contributed by atoms with E-state index in [0.29, 0.717) is 16.7 Å². The lowest BCUT2D eigenvalue weighted by Crippen LogP contribution is -1.98. The van der Waals surface area contributed by atoms with Gasteiger partial charge < -0.3 is 10.8 Å². The van der Waals surface area contributed by atoms with Gasteiger partial charge in [0.1, 0.15) is 10.8 Å². The monoisotopic (exact) mass is 294 g/mol. The molecule has 0 saturated carbocycles. The van der Waals surface area contributed by atoms with Crippen LogP contribution in [0, 0.1) is 0 Å². The van der Waals surface area contributed by atoms with E-state index in [1.165, 1.54) is 23.5 Å². The van der Waals surface area contributed by atoms with E-state index >= 15 is 0 Å². The molecule has 0 unspecified atom stereocenters. The normalized spacial score (nSPS) is 10.6. The van der Waals surface area contributed by atoms with Crippen LogP contribution in [-0.2, 0) is 12.4 Å². The maximum atomic E-state index is 9.24. The lowest BCUT2D eigenvalue weighted by atomic mass is 10.2. The molecule has 5 nitrogen and oxygen atoms in total. The van der Waals surface area contributed by atoms with Gasteiger partial charge in [-0.3, -0.25) is 4.98 Å². The molecule has 7 heteroatoms. The van der Waals surface area contributed by atoms with Gasteiger partial charge >= 0.3 is 0 Å². The van der Waals surface area contributed by atoms with E-state index in [0.717, 1.165) is 16.3 Å². The van der Waals surface area contributed by atoms with Crippen molar-refractivity contribution in [3.63, 3.8) is 0 Å². The summed E-state index contributed by atoms with van der Waals surface area (Å²) in [6.45, 7) is -0.0163. The van der Waals surface area contributed by atoms with Crippen molar-refractivity contribution in [3.8, 4) is 0 Å². The summed E-state index contributed by atoms with van der Waals surface area (Å²) in [6, 6.07) is 5.41. The molecule has 100 valence electrons. The average molecular weight is 294 g/mol. The highest BCUT2D eigenvalue weighted by atomic mass is 32.2. The van der Waals surface area contributed by atoms with Crippen molar-refractivity contribution >= 4 is 29.3 Å². The molecule has 2 aromatic rings. The van der Waals surface area contributed by atoms with Crippen LogP contribution in [0.4, 0.5) is 5.82 Å². The number of aliphatic hydroxyl groups is 1. The first-order valence-electron chi connectivity index (χ1n) is 5.58. The molecule has 0 saturated heterocycles. The summed E-state index contributed by atoms with van der Waals surface area (Å²) >= 11 is 2.98. The zero-order valence-electron chi connectivity index (χ0n) is 10.4. The van der Waals surface area contributed by atoms with Crippen LogP contribution in [0.25, 0.3) is 0 Å². The van der Waals surface area contributed by atoms with Gasteiger partial charge in [-0.15, -0.1) is 11.8 Å². The first kappa shape index (κ1) is 14.1. The fraction of sp³-hybridized carbons (Fsp3) is 0.250. The van der Waals surface area contributed by atoms with Crippen molar-refractivity contribution < 1.29 is 5.11 Å². The minimum Gasteiger partial charge on any atom is -0.392 e. The van der Waals surface area contributed by atoms with Crippen LogP contribution in [0.2, 0.25) is 0 Å². The third-order valence-electron chi connectivity index (χ3n) is 2.40. The van der Waals surface area contributed by atoms with Crippen LogP contribution in [0.3, 0.4) is 0 Å². The van der Waals surface area contributed by atoms with Gasteiger partial charge in [0.25, 0.3) is 0 Å². The maximum Gasteiger partial charge on any atom is 0.190 e. The largest absolute Gasteiger partial charge is 0.392 e. The fourth-order valence-electron chi connectivity index (χ4n) is 1.47. The molecule has 0 bridgehead atoms. The zero-order chi connectivity index (χ0) is 13.7. The van der Waals surface area contributed by atoms with E-state index in [1.54, 1.807) is 12.3 Å². The molecular formula is C12H14N4OS2. The topological polar surface area (TPSA) is 84.9 Å². The fourth-order valence-corrected chi connectivity index (χ4v) is 2.80. The van der Waals surface area contributed by atoms with E-state index in [-0.39, 0.29) is 6.61 Å². The molecule has 0 amide bonds. The van der Waals surface area contributed by atoms with Crippen molar-refractivity contribution in [3.05, 3.63) is 35.7 Å². The van der Waals surface area contributed by atoms with E-state index in [9.17, 15) is 5.11 Å². The predicted molar refractivity (Wildman–Crippen MR) is 77.9 cm³/mol. The highest BCUT2D eigenvalue weighted by molar-refractivity contribution is 7.99. The Hall–Kier alpha value is -1.31. The van der Waals surface area contributed by atoms with Gasteiger partial charge in [0, 0.05) is 18.0 Å². The van der Waals surface area contributed by atoms with E-state index in [4.69, 9.17) is 5.73 Å². The van der Waals surface area contributed by atoms with Gasteiger partial charge in [-0.05, 0) is 17.9 Å². The first-order chi connectivity index (χ1) is 9.22. The molecular weight excluding hydrogens is 280 g/mol. The van der Waals surface area contributed by atoms with Crippen molar-refractivity contribution in [2.24, 2.45) is 0 Å². The maximum absolute atomic E-state index is 9.24. The third-order valence-corrected chi connectivity index (χ3v) is 3.89. The van der Waals surface area contributed by atoms with Crippen LogP contribution < -0.4 is 5.73 Å². The van der Waals surface area contributed by atoms with Gasteiger partial charge in [0.2, 0.25) is 0 Å². The number of nitrogen functional groups attached to an aromatic ring is 1. The Morgan fingerprint density at radius 3 is 2.95 bits per heavy atom. The lowest BCUT2D eigenvalue weighted by Gasteiger charge is -2.06. The Labute approximate surface area is 120 Å². The Balaban J connectivity index is 2.12. The number of aromatic nitrogens is 3. The molecule has 0 spiro atoms. The number of nitrogens with zero attached hydrogens (tertiary/aromatic N) is 3. The van der Waals surface area contributed by atoms with Gasteiger partial charge in [-0.25, -0.2) is 9.97 Å². The van der Waals surface area contributed by atoms with Gasteiger partial charge in [0.05, 0.1) is 12.3 Å². The van der Waals surface area contributed by atoms with Crippen LogP contribution in [0.1, 0.15) is 11.3 Å². The molecule has 0 aliphatic heterocycles. The number of pyridine rings is 1. The number of hydrogen-bond acceptors (Lipinski definition) is 7. The summed E-state index contributed by atoms with van der Waals surface area (Å²) in [7, 11) is 0. The first-order valence-corrected chi connectivity index (χ1v) is 7.79. The highest BCUT2D eigenvalue weighted by Gasteiger charge is 2.07. The third kappa shape index (κ3) is 3.82. The summed E-state index contributed by atoms with van der Waals surface area (Å²) < 4.78 is 0. The number of hydrogen-bond donors (Lipinski definition) is 2. The minimum absolute atomic E-state index is 0.0163. The Kier molecular flexibility index (Phi) is 5.00. The molecule has 0 aliphatic rings. The molecule has 0 fully saturated rings. The smallest absolute Gasteiger partial charge is 0.190 e. The minimum atomic E-state index is -0.0163. The molecule has 0 radical (unpaired) electrons. The van der Waals surface area contributed by atoms with Crippen LogP contribution in [0.5, 0.6) is 0 Å². The van der Waals surface area contributed by atoms with Gasteiger partial charge in [-0.1, -0.05) is 17.8 Å². The Morgan fingerprint density at radius 2 is 2.21 bits per heavy atom. The van der Waals surface area contributed by atoms with Gasteiger partial charge in [0.15, 0.2) is 5.16 Å². The summed E-state index contributed by atoms with van der Waals surface area (Å²) in [5, 5.41) is 10.7. The lowest BCUT2D eigenvalue weighted by molar-refractivity contribution is 0.280. The van der Waals surface area contributed by atoms with Crippen molar-refractivity contribution in [2.45, 2.75) is 22.5 Å². The SMILES string of the molecule is CSc1cc(N)nc(SCc2ncccc2CO)n1. The van der Waals surface area contributed by atoms with E-state index in [1.807, 2.05) is 18.4 Å². The number of aliphatic hydroxyl groups excluding tert-OH is 1. The summed E-state index contributed by atoms with van der Waals surface area (Å²) in [4.78, 5) is 12.8. The quantitative estimate of drug-likeness (QED) is 0.495. The predicted octanol–water partition coefficient (Wildman–Crippen LogP) is 1.96. The second kappa shape index (κ2) is 6.74. The molecule has 0 aliphatic carbocycles. The van der Waals surface area contributed by atoms with Crippen molar-refractivity contribution in [1.29, 1.82) is 0 Å². The van der Waals surface area contributed by atoms with Crippen molar-refractivity contribution in [2.75, 3.05) is 12.0 Å². The van der Waals surface area contributed by atoms with Crippen LogP contribution in [-0.4, -0.2) is 26.3 Å².